The highest BCUT2D eigenvalue weighted by Gasteiger charge is 2.42. The Morgan fingerprint density at radius 1 is 1.09 bits per heavy atom. The minimum absolute atomic E-state index is 0.00288. The lowest BCUT2D eigenvalue weighted by Crippen LogP contribution is -2.58. The number of nitrogens with zero attached hydrogens (tertiary/aromatic N) is 3. The highest BCUT2D eigenvalue weighted by Crippen LogP contribution is 2.32. The molecule has 0 radical (unpaired) electrons. The molecule has 1 fully saturated rings. The number of carbonyl (C=O) groups is 3. The van der Waals surface area contributed by atoms with Gasteiger partial charge in [-0.2, -0.15) is 0 Å². The highest BCUT2D eigenvalue weighted by molar-refractivity contribution is 5.96. The number of hydrogen-bond acceptors (Lipinski definition) is 8. The molecular weight excluding hydrogens is 544 g/mol. The Morgan fingerprint density at radius 3 is 2.47 bits per heavy atom. The second-order valence-corrected chi connectivity index (χ2v) is 12.3. The number of nitrogens with one attached hydrogen (secondary N) is 3. The summed E-state index contributed by atoms with van der Waals surface area (Å²) in [5, 5.41) is 10.1. The number of methoxy groups -OCH3 is 1. The quantitative estimate of drug-likeness (QED) is 0.306. The van der Waals surface area contributed by atoms with E-state index in [9.17, 15) is 14.4 Å². The van der Waals surface area contributed by atoms with Crippen LogP contribution in [0.4, 0.5) is 5.82 Å². The van der Waals surface area contributed by atoms with Crippen LogP contribution in [0.15, 0.2) is 48.8 Å². The van der Waals surface area contributed by atoms with E-state index in [4.69, 9.17) is 4.74 Å². The molecule has 2 amide bonds. The van der Waals surface area contributed by atoms with Crippen molar-refractivity contribution >= 4 is 34.3 Å². The van der Waals surface area contributed by atoms with Crippen molar-refractivity contribution in [1.29, 1.82) is 0 Å². The SMILES string of the molecule is CN[C@@H](C)C(=O)N[C@H](C(=O)N1CCC[C@H]1C(=O)Cc1cc2c(N[C@@H](C)c3ccccc3)ncnc2cc1OC)C(C)(C)C. The number of amides is 2. The number of ether oxygens (including phenoxy) is 1. The zero-order valence-corrected chi connectivity index (χ0v) is 26.2. The number of rotatable bonds is 11. The summed E-state index contributed by atoms with van der Waals surface area (Å²) in [4.78, 5) is 51.0. The fourth-order valence-corrected chi connectivity index (χ4v) is 5.49. The van der Waals surface area contributed by atoms with E-state index in [-0.39, 0.29) is 30.1 Å². The molecule has 4 rings (SSSR count). The number of ketones is 1. The number of fused-ring (bicyclic) bond motifs is 1. The van der Waals surface area contributed by atoms with Crippen LogP contribution in [-0.4, -0.2) is 71.3 Å². The summed E-state index contributed by atoms with van der Waals surface area (Å²) >= 11 is 0. The van der Waals surface area contributed by atoms with Crippen molar-refractivity contribution in [2.45, 2.75) is 78.0 Å². The van der Waals surface area contributed by atoms with E-state index in [1.807, 2.05) is 51.1 Å². The first-order chi connectivity index (χ1) is 20.4. The number of benzene rings is 2. The molecule has 2 heterocycles. The second-order valence-electron chi connectivity index (χ2n) is 12.3. The van der Waals surface area contributed by atoms with Crippen LogP contribution < -0.4 is 20.7 Å². The Hall–Kier alpha value is -4.05. The minimum atomic E-state index is -0.767. The topological polar surface area (TPSA) is 126 Å². The largest absolute Gasteiger partial charge is 0.496 e. The van der Waals surface area contributed by atoms with Gasteiger partial charge in [-0.05, 0) is 50.8 Å². The van der Waals surface area contributed by atoms with Gasteiger partial charge in [0.2, 0.25) is 11.8 Å². The molecule has 10 nitrogen and oxygen atoms in total. The van der Waals surface area contributed by atoms with E-state index in [0.29, 0.717) is 42.0 Å². The molecule has 0 bridgehead atoms. The van der Waals surface area contributed by atoms with Crippen molar-refractivity contribution in [3.8, 4) is 5.75 Å². The van der Waals surface area contributed by atoms with Crippen molar-refractivity contribution in [2.24, 2.45) is 5.41 Å². The first-order valence-electron chi connectivity index (χ1n) is 14.9. The zero-order valence-electron chi connectivity index (χ0n) is 26.2. The van der Waals surface area contributed by atoms with Gasteiger partial charge < -0.3 is 25.6 Å². The lowest BCUT2D eigenvalue weighted by Gasteiger charge is -2.36. The molecule has 0 spiro atoms. The van der Waals surface area contributed by atoms with Crippen molar-refractivity contribution in [3.05, 3.63) is 59.9 Å². The fraction of sp³-hybridized carbons (Fsp3) is 0.485. The number of likely N-dealkylation sites (tertiary alicyclic amines) is 1. The van der Waals surface area contributed by atoms with Gasteiger partial charge in [0, 0.05) is 36.0 Å². The average molecular weight is 589 g/mol. The van der Waals surface area contributed by atoms with Crippen LogP contribution in [0.25, 0.3) is 10.9 Å². The van der Waals surface area contributed by atoms with Gasteiger partial charge in [-0.25, -0.2) is 9.97 Å². The summed E-state index contributed by atoms with van der Waals surface area (Å²) in [5.74, 6) is 0.649. The van der Waals surface area contributed by atoms with E-state index in [1.165, 1.54) is 6.33 Å². The standard InChI is InChI=1S/C33H44N6O4/c1-20(22-12-9-8-10-13-22)37-30-24-16-23(28(43-7)18-25(24)35-19-36-30)17-27(40)26-14-11-15-39(26)32(42)29(33(3,4)5)38-31(41)21(2)34-6/h8-10,12-13,16,18-21,26,29,34H,11,14-15,17H2,1-7H3,(H,38,41)(H,35,36,37)/t20-,21-,26-,29+/m0/s1. The van der Waals surface area contributed by atoms with Crippen LogP contribution in [0.2, 0.25) is 0 Å². The lowest BCUT2D eigenvalue weighted by atomic mass is 9.85. The molecule has 1 saturated heterocycles. The maximum Gasteiger partial charge on any atom is 0.246 e. The number of hydrogen-bond donors (Lipinski definition) is 3. The van der Waals surface area contributed by atoms with Gasteiger partial charge in [0.25, 0.3) is 0 Å². The third-order valence-corrected chi connectivity index (χ3v) is 8.19. The van der Waals surface area contributed by atoms with Crippen molar-refractivity contribution < 1.29 is 19.1 Å². The molecular formula is C33H44N6O4. The monoisotopic (exact) mass is 588 g/mol. The number of carbonyl (C=O) groups excluding carboxylic acids is 3. The van der Waals surface area contributed by atoms with Crippen LogP contribution in [0.5, 0.6) is 5.75 Å². The molecule has 10 heteroatoms. The lowest BCUT2D eigenvalue weighted by molar-refractivity contribution is -0.143. The van der Waals surface area contributed by atoms with Gasteiger partial charge in [0.15, 0.2) is 5.78 Å². The Morgan fingerprint density at radius 2 is 1.81 bits per heavy atom. The molecule has 3 N–H and O–H groups in total. The predicted molar refractivity (Wildman–Crippen MR) is 168 cm³/mol. The molecule has 0 unspecified atom stereocenters. The van der Waals surface area contributed by atoms with E-state index < -0.39 is 23.5 Å². The molecule has 230 valence electrons. The summed E-state index contributed by atoms with van der Waals surface area (Å²) < 4.78 is 5.67. The van der Waals surface area contributed by atoms with Gasteiger partial charge in [-0.3, -0.25) is 14.4 Å². The van der Waals surface area contributed by atoms with Crippen LogP contribution in [0, 0.1) is 5.41 Å². The summed E-state index contributed by atoms with van der Waals surface area (Å²) in [7, 11) is 3.27. The van der Waals surface area contributed by atoms with Gasteiger partial charge in [0.05, 0.1) is 24.7 Å². The third kappa shape index (κ3) is 7.30. The zero-order chi connectivity index (χ0) is 31.3. The molecule has 0 saturated carbocycles. The van der Waals surface area contributed by atoms with Gasteiger partial charge >= 0.3 is 0 Å². The van der Waals surface area contributed by atoms with Crippen LogP contribution >= 0.6 is 0 Å². The summed E-state index contributed by atoms with van der Waals surface area (Å²) in [6.45, 7) is 10.0. The van der Waals surface area contributed by atoms with Crippen LogP contribution in [0.1, 0.15) is 64.6 Å². The van der Waals surface area contributed by atoms with Crippen molar-refractivity contribution in [2.75, 3.05) is 26.0 Å². The van der Waals surface area contributed by atoms with Crippen molar-refractivity contribution in [3.63, 3.8) is 0 Å². The third-order valence-electron chi connectivity index (χ3n) is 8.19. The molecule has 4 atom stereocenters. The predicted octanol–water partition coefficient (Wildman–Crippen LogP) is 4.05. The van der Waals surface area contributed by atoms with Crippen molar-refractivity contribution in [1.82, 2.24) is 25.5 Å². The van der Waals surface area contributed by atoms with Gasteiger partial charge in [0.1, 0.15) is 23.9 Å². The maximum absolute atomic E-state index is 13.9. The van der Waals surface area contributed by atoms with Crippen LogP contribution in [-0.2, 0) is 20.8 Å². The Labute approximate surface area is 254 Å². The Bertz CT molecular complexity index is 1460. The Kier molecular flexibility index (Phi) is 10.0. The highest BCUT2D eigenvalue weighted by atomic mass is 16.5. The number of Topliss-reactive ketones (excluding diaryl/α,β-unsaturated/α-hetero) is 1. The molecule has 2 aromatic carbocycles. The van der Waals surface area contributed by atoms with E-state index >= 15 is 0 Å². The molecule has 1 aliphatic heterocycles. The summed E-state index contributed by atoms with van der Waals surface area (Å²) in [6, 6.07) is 12.0. The first-order valence-corrected chi connectivity index (χ1v) is 14.9. The number of aromatic nitrogens is 2. The Balaban J connectivity index is 1.59. The minimum Gasteiger partial charge on any atom is -0.496 e. The summed E-state index contributed by atoms with van der Waals surface area (Å²) in [5.41, 5.74) is 1.98. The van der Waals surface area contributed by atoms with E-state index in [1.54, 1.807) is 26.0 Å². The molecule has 3 aromatic rings. The normalized spacial score (nSPS) is 17.3. The summed E-state index contributed by atoms with van der Waals surface area (Å²) in [6.07, 6.45) is 2.88. The molecule has 1 aromatic heterocycles. The average Bonchev–Trinajstić information content (AvgIpc) is 3.49. The molecule has 1 aliphatic rings. The van der Waals surface area contributed by atoms with Gasteiger partial charge in [-0.15, -0.1) is 0 Å². The fourth-order valence-electron chi connectivity index (χ4n) is 5.49. The molecule has 0 aliphatic carbocycles. The first kappa shape index (κ1) is 31.9. The smallest absolute Gasteiger partial charge is 0.246 e. The maximum atomic E-state index is 13.9. The molecule has 43 heavy (non-hydrogen) atoms. The van der Waals surface area contributed by atoms with Gasteiger partial charge in [-0.1, -0.05) is 51.1 Å². The van der Waals surface area contributed by atoms with Crippen LogP contribution in [0.3, 0.4) is 0 Å². The second kappa shape index (κ2) is 13.5. The van der Waals surface area contributed by atoms with E-state index in [2.05, 4.69) is 45.0 Å². The van der Waals surface area contributed by atoms with E-state index in [0.717, 1.165) is 10.9 Å². The number of anilines is 1. The number of likely N-dealkylation sites (N-methyl/N-ethyl adjacent to an activating group) is 1.